The molecule has 1 N–H and O–H groups in total. The summed E-state index contributed by atoms with van der Waals surface area (Å²) < 4.78 is 13.6. The van der Waals surface area contributed by atoms with Crippen molar-refractivity contribution in [2.75, 3.05) is 6.54 Å². The van der Waals surface area contributed by atoms with Gasteiger partial charge in [0.05, 0.1) is 11.6 Å². The van der Waals surface area contributed by atoms with Crippen LogP contribution in [-0.4, -0.2) is 28.1 Å². The third kappa shape index (κ3) is 4.59. The van der Waals surface area contributed by atoms with E-state index in [4.69, 9.17) is 0 Å². The van der Waals surface area contributed by atoms with Crippen LogP contribution in [0.3, 0.4) is 0 Å². The minimum Gasteiger partial charge on any atom is -0.389 e. The fourth-order valence-electron chi connectivity index (χ4n) is 5.26. The van der Waals surface area contributed by atoms with E-state index in [0.29, 0.717) is 18.9 Å². The van der Waals surface area contributed by atoms with Crippen molar-refractivity contribution in [2.24, 2.45) is 5.92 Å². The van der Waals surface area contributed by atoms with Crippen LogP contribution < -0.4 is 0 Å². The molecule has 164 valence electrons. The number of piperidine rings is 1. The number of hydrogen-bond acceptors (Lipinski definition) is 2. The normalized spacial score (nSPS) is 26.3. The number of fused-ring (bicyclic) bond motifs is 1. The van der Waals surface area contributed by atoms with Gasteiger partial charge < -0.3 is 10.0 Å². The van der Waals surface area contributed by atoms with Gasteiger partial charge in [0.25, 0.3) is 0 Å². The van der Waals surface area contributed by atoms with E-state index in [-0.39, 0.29) is 23.7 Å². The molecule has 1 saturated heterocycles. The summed E-state index contributed by atoms with van der Waals surface area (Å²) in [5, 5.41) is 11.3. The van der Waals surface area contributed by atoms with E-state index in [2.05, 4.69) is 26.0 Å². The molecule has 2 aliphatic rings. The lowest BCUT2D eigenvalue weighted by atomic mass is 9.66. The Labute approximate surface area is 184 Å². The van der Waals surface area contributed by atoms with E-state index < -0.39 is 5.60 Å². The third-order valence-corrected chi connectivity index (χ3v) is 7.08. The molecule has 0 unspecified atom stereocenters. The molecule has 4 rings (SSSR count). The standard InChI is InChI=1S/C27H32FNO2/c1-19(2)21-9-6-20(7-10-21)8-15-25(30)29-18-17-27(31)16-4-3-5-24(27)26(29)22-11-13-23(28)14-12-22/h6-15,19,24,26,31H,3-5,16-18H2,1-2H3/b15-8+/t24-,26-,27-/m1/s1. The Morgan fingerprint density at radius 1 is 1.10 bits per heavy atom. The molecule has 1 saturated carbocycles. The first kappa shape index (κ1) is 21.8. The highest BCUT2D eigenvalue weighted by Gasteiger charge is 2.49. The number of hydrogen-bond donors (Lipinski definition) is 1. The van der Waals surface area contributed by atoms with Gasteiger partial charge in [0.15, 0.2) is 0 Å². The van der Waals surface area contributed by atoms with Crippen molar-refractivity contribution in [3.63, 3.8) is 0 Å². The highest BCUT2D eigenvalue weighted by molar-refractivity contribution is 5.92. The zero-order chi connectivity index (χ0) is 22.0. The monoisotopic (exact) mass is 421 g/mol. The lowest BCUT2D eigenvalue weighted by molar-refractivity contribution is -0.150. The predicted octanol–water partition coefficient (Wildman–Crippen LogP) is 5.86. The first-order valence-corrected chi connectivity index (χ1v) is 11.4. The van der Waals surface area contributed by atoms with Crippen LogP contribution in [0.4, 0.5) is 4.39 Å². The largest absolute Gasteiger partial charge is 0.389 e. The minimum atomic E-state index is -0.746. The number of likely N-dealkylation sites (tertiary alicyclic amines) is 1. The molecule has 0 aromatic heterocycles. The van der Waals surface area contributed by atoms with E-state index in [1.807, 2.05) is 23.1 Å². The van der Waals surface area contributed by atoms with E-state index in [9.17, 15) is 14.3 Å². The molecule has 3 nitrogen and oxygen atoms in total. The van der Waals surface area contributed by atoms with E-state index >= 15 is 0 Å². The average Bonchev–Trinajstić information content (AvgIpc) is 2.77. The molecule has 0 bridgehead atoms. The number of nitrogens with zero attached hydrogens (tertiary/aromatic N) is 1. The van der Waals surface area contributed by atoms with Gasteiger partial charge in [0.1, 0.15) is 5.82 Å². The van der Waals surface area contributed by atoms with Crippen LogP contribution in [0, 0.1) is 11.7 Å². The lowest BCUT2D eigenvalue weighted by Crippen LogP contribution is -2.56. The molecule has 2 aromatic carbocycles. The molecule has 0 radical (unpaired) electrons. The van der Waals surface area contributed by atoms with Crippen molar-refractivity contribution in [3.05, 3.63) is 77.1 Å². The Bertz CT molecular complexity index is 935. The molecule has 1 heterocycles. The summed E-state index contributed by atoms with van der Waals surface area (Å²) in [5.41, 5.74) is 2.41. The molecule has 2 fully saturated rings. The van der Waals surface area contributed by atoms with Crippen LogP contribution in [-0.2, 0) is 4.79 Å². The lowest BCUT2D eigenvalue weighted by Gasteiger charge is -2.52. The second kappa shape index (κ2) is 8.96. The van der Waals surface area contributed by atoms with Crippen molar-refractivity contribution in [3.8, 4) is 0 Å². The number of aliphatic hydroxyl groups is 1. The molecule has 31 heavy (non-hydrogen) atoms. The van der Waals surface area contributed by atoms with Crippen LogP contribution >= 0.6 is 0 Å². The Balaban J connectivity index is 1.60. The molecule has 2 aromatic rings. The zero-order valence-corrected chi connectivity index (χ0v) is 18.4. The van der Waals surface area contributed by atoms with Gasteiger partial charge in [-0.25, -0.2) is 4.39 Å². The highest BCUT2D eigenvalue weighted by atomic mass is 19.1. The van der Waals surface area contributed by atoms with Gasteiger partial charge in [-0.3, -0.25) is 4.79 Å². The van der Waals surface area contributed by atoms with Crippen molar-refractivity contribution < 1.29 is 14.3 Å². The first-order chi connectivity index (χ1) is 14.9. The number of carbonyl (C=O) groups excluding carboxylic acids is 1. The zero-order valence-electron chi connectivity index (χ0n) is 18.4. The number of halogens is 1. The highest BCUT2D eigenvalue weighted by Crippen LogP contribution is 2.49. The van der Waals surface area contributed by atoms with Gasteiger partial charge in [-0.05, 0) is 60.1 Å². The molecule has 1 aliphatic heterocycles. The first-order valence-electron chi connectivity index (χ1n) is 11.4. The second-order valence-corrected chi connectivity index (χ2v) is 9.39. The summed E-state index contributed by atoms with van der Waals surface area (Å²) in [7, 11) is 0. The molecule has 1 aliphatic carbocycles. The second-order valence-electron chi connectivity index (χ2n) is 9.39. The van der Waals surface area contributed by atoms with Gasteiger partial charge >= 0.3 is 0 Å². The fraction of sp³-hybridized carbons (Fsp3) is 0.444. The summed E-state index contributed by atoms with van der Waals surface area (Å²) in [5.74, 6) is 0.0952. The molecule has 3 atom stereocenters. The van der Waals surface area contributed by atoms with Crippen molar-refractivity contribution in [2.45, 2.75) is 63.5 Å². The maximum atomic E-state index is 13.6. The summed E-state index contributed by atoms with van der Waals surface area (Å²) in [6.07, 6.45) is 7.80. The molecular weight excluding hydrogens is 389 g/mol. The summed E-state index contributed by atoms with van der Waals surface area (Å²) in [6, 6.07) is 14.4. The molecular formula is C27H32FNO2. The van der Waals surface area contributed by atoms with Crippen LogP contribution in [0.5, 0.6) is 0 Å². The number of rotatable bonds is 4. The molecule has 4 heteroatoms. The van der Waals surface area contributed by atoms with Crippen molar-refractivity contribution in [1.82, 2.24) is 4.90 Å². The van der Waals surface area contributed by atoms with E-state index in [0.717, 1.165) is 36.8 Å². The smallest absolute Gasteiger partial charge is 0.247 e. The van der Waals surface area contributed by atoms with Crippen LogP contribution in [0.1, 0.15) is 74.6 Å². The van der Waals surface area contributed by atoms with Crippen molar-refractivity contribution in [1.29, 1.82) is 0 Å². The van der Waals surface area contributed by atoms with Gasteiger partial charge in [0.2, 0.25) is 5.91 Å². The minimum absolute atomic E-state index is 0.0249. The predicted molar refractivity (Wildman–Crippen MR) is 122 cm³/mol. The summed E-state index contributed by atoms with van der Waals surface area (Å²) in [6.45, 7) is 4.82. The maximum absolute atomic E-state index is 13.6. The Morgan fingerprint density at radius 3 is 2.48 bits per heavy atom. The molecule has 0 spiro atoms. The SMILES string of the molecule is CC(C)c1ccc(/C=C/C(=O)N2CC[C@]3(O)CCCC[C@@H]3[C@H]2c2ccc(F)cc2)cc1. The fourth-order valence-corrected chi connectivity index (χ4v) is 5.26. The number of amides is 1. The quantitative estimate of drug-likeness (QED) is 0.629. The summed E-state index contributed by atoms with van der Waals surface area (Å²) >= 11 is 0. The molecule has 1 amide bonds. The third-order valence-electron chi connectivity index (χ3n) is 7.08. The summed E-state index contributed by atoms with van der Waals surface area (Å²) in [4.78, 5) is 15.1. The van der Waals surface area contributed by atoms with Crippen LogP contribution in [0.15, 0.2) is 54.6 Å². The maximum Gasteiger partial charge on any atom is 0.247 e. The van der Waals surface area contributed by atoms with Gasteiger partial charge in [-0.2, -0.15) is 0 Å². The van der Waals surface area contributed by atoms with E-state index in [1.54, 1.807) is 18.2 Å². The van der Waals surface area contributed by atoms with Gasteiger partial charge in [0, 0.05) is 18.5 Å². The van der Waals surface area contributed by atoms with Gasteiger partial charge in [-0.15, -0.1) is 0 Å². The van der Waals surface area contributed by atoms with Crippen molar-refractivity contribution >= 4 is 12.0 Å². The van der Waals surface area contributed by atoms with Crippen LogP contribution in [0.25, 0.3) is 6.08 Å². The number of carbonyl (C=O) groups is 1. The van der Waals surface area contributed by atoms with Crippen LogP contribution in [0.2, 0.25) is 0 Å². The average molecular weight is 422 g/mol. The van der Waals surface area contributed by atoms with E-state index in [1.165, 1.54) is 17.7 Å². The topological polar surface area (TPSA) is 40.5 Å². The number of benzene rings is 2. The Morgan fingerprint density at radius 2 is 1.81 bits per heavy atom. The van der Waals surface area contributed by atoms with Gasteiger partial charge in [-0.1, -0.05) is 63.1 Å². The Hall–Kier alpha value is -2.46. The Kier molecular flexibility index (Phi) is 6.29.